The topological polar surface area (TPSA) is 76.7 Å². The third kappa shape index (κ3) is 3.93. The Bertz CT molecular complexity index is 347. The van der Waals surface area contributed by atoms with Crippen LogP contribution in [0.1, 0.15) is 58.3 Å². The summed E-state index contributed by atoms with van der Waals surface area (Å²) >= 11 is 0. The number of hydroxylamine groups is 1. The van der Waals surface area contributed by atoms with Gasteiger partial charge in [-0.05, 0) is 25.7 Å². The van der Waals surface area contributed by atoms with Crippen LogP contribution in [0, 0.1) is 0 Å². The Balaban J connectivity index is 1.90. The third-order valence-corrected chi connectivity index (χ3v) is 3.98. The van der Waals surface area contributed by atoms with Crippen molar-refractivity contribution in [1.82, 2.24) is 10.8 Å². The fraction of sp³-hybridized carbons (Fsp3) is 0.857. The smallest absolute Gasteiger partial charge is 0.269 e. The lowest BCUT2D eigenvalue weighted by Gasteiger charge is -2.36. The molecule has 1 saturated carbocycles. The van der Waals surface area contributed by atoms with Crippen LogP contribution in [0.2, 0.25) is 0 Å². The van der Waals surface area contributed by atoms with Crippen molar-refractivity contribution < 1.29 is 19.2 Å². The van der Waals surface area contributed by atoms with Gasteiger partial charge in [0.05, 0.1) is 0 Å². The monoisotopic (exact) mass is 284 g/mol. The molecular formula is C14H24N2O4. The van der Waals surface area contributed by atoms with Crippen molar-refractivity contribution in [3.8, 4) is 0 Å². The molecule has 1 aliphatic heterocycles. The average molecular weight is 284 g/mol. The first-order chi connectivity index (χ1) is 9.62. The van der Waals surface area contributed by atoms with E-state index in [2.05, 4.69) is 10.8 Å². The molecule has 1 saturated heterocycles. The molecule has 6 heteroatoms. The number of ether oxygens (including phenoxy) is 1. The largest absolute Gasteiger partial charge is 0.350 e. The van der Waals surface area contributed by atoms with Gasteiger partial charge in [-0.3, -0.25) is 9.59 Å². The summed E-state index contributed by atoms with van der Waals surface area (Å²) < 4.78 is 5.41. The van der Waals surface area contributed by atoms with Gasteiger partial charge in [-0.1, -0.05) is 19.3 Å². The molecule has 0 spiro atoms. The quantitative estimate of drug-likeness (QED) is 0.765. The van der Waals surface area contributed by atoms with Crippen molar-refractivity contribution in [2.24, 2.45) is 0 Å². The molecule has 0 aromatic rings. The molecule has 2 rings (SSSR count). The lowest BCUT2D eigenvalue weighted by molar-refractivity contribution is -0.203. The molecule has 2 N–H and O–H groups in total. The predicted octanol–water partition coefficient (Wildman–Crippen LogP) is 1.40. The highest BCUT2D eigenvalue weighted by Crippen LogP contribution is 2.28. The highest BCUT2D eigenvalue weighted by Gasteiger charge is 2.40. The van der Waals surface area contributed by atoms with Crippen LogP contribution < -0.4 is 10.8 Å². The van der Waals surface area contributed by atoms with E-state index in [-0.39, 0.29) is 18.1 Å². The van der Waals surface area contributed by atoms with E-state index in [1.807, 2.05) is 0 Å². The molecule has 0 unspecified atom stereocenters. The summed E-state index contributed by atoms with van der Waals surface area (Å²) in [5, 5.41) is 2.81. The molecule has 1 aliphatic carbocycles. The zero-order chi connectivity index (χ0) is 14.4. The van der Waals surface area contributed by atoms with Crippen molar-refractivity contribution in [3.63, 3.8) is 0 Å². The fourth-order valence-electron chi connectivity index (χ4n) is 2.92. The molecule has 0 bridgehead atoms. The van der Waals surface area contributed by atoms with E-state index in [0.29, 0.717) is 19.4 Å². The van der Waals surface area contributed by atoms with Crippen molar-refractivity contribution in [2.45, 2.75) is 70.1 Å². The Morgan fingerprint density at radius 1 is 1.15 bits per heavy atom. The summed E-state index contributed by atoms with van der Waals surface area (Å²) in [6.45, 7) is 2.10. The second kappa shape index (κ2) is 7.04. The summed E-state index contributed by atoms with van der Waals surface area (Å²) in [5.41, 5.74) is 1.67. The Kier molecular flexibility index (Phi) is 5.37. The number of carbonyl (C=O) groups is 2. The molecule has 0 aromatic heterocycles. The van der Waals surface area contributed by atoms with Crippen LogP contribution in [-0.4, -0.2) is 30.3 Å². The molecule has 2 amide bonds. The summed E-state index contributed by atoms with van der Waals surface area (Å²) in [6.07, 6.45) is 6.78. The van der Waals surface area contributed by atoms with Gasteiger partial charge in [-0.2, -0.15) is 0 Å². The molecule has 20 heavy (non-hydrogen) atoms. The standard InChI is InChI=1S/C14H24N2O4/c1-11(17)15-14(8-4-2-5-9-14)13(18)16-20-12-7-3-6-10-19-12/h12H,2-10H2,1H3,(H,15,17)(H,16,18)/t12-/m0/s1. The number of amides is 2. The molecule has 6 nitrogen and oxygen atoms in total. The first-order valence-electron chi connectivity index (χ1n) is 7.49. The van der Waals surface area contributed by atoms with Crippen LogP contribution in [0.3, 0.4) is 0 Å². The Morgan fingerprint density at radius 3 is 2.50 bits per heavy atom. The van der Waals surface area contributed by atoms with E-state index in [0.717, 1.165) is 38.5 Å². The zero-order valence-corrected chi connectivity index (χ0v) is 12.1. The van der Waals surface area contributed by atoms with Gasteiger partial charge in [0.15, 0.2) is 6.29 Å². The molecule has 114 valence electrons. The van der Waals surface area contributed by atoms with Crippen LogP contribution in [0.4, 0.5) is 0 Å². The van der Waals surface area contributed by atoms with Crippen molar-refractivity contribution >= 4 is 11.8 Å². The van der Waals surface area contributed by atoms with E-state index in [9.17, 15) is 9.59 Å². The number of carbonyl (C=O) groups excluding carboxylic acids is 2. The van der Waals surface area contributed by atoms with Gasteiger partial charge < -0.3 is 10.1 Å². The van der Waals surface area contributed by atoms with Gasteiger partial charge in [0.1, 0.15) is 5.54 Å². The highest BCUT2D eigenvalue weighted by molar-refractivity contribution is 5.90. The Morgan fingerprint density at radius 2 is 1.90 bits per heavy atom. The van der Waals surface area contributed by atoms with E-state index >= 15 is 0 Å². The van der Waals surface area contributed by atoms with E-state index in [1.54, 1.807) is 0 Å². The summed E-state index contributed by atoms with van der Waals surface area (Å²) in [5.74, 6) is -0.447. The van der Waals surface area contributed by atoms with Crippen LogP contribution >= 0.6 is 0 Å². The SMILES string of the molecule is CC(=O)NC1(C(=O)NO[C@H]2CCCCO2)CCCCC1. The second-order valence-corrected chi connectivity index (χ2v) is 5.67. The maximum Gasteiger partial charge on any atom is 0.269 e. The summed E-state index contributed by atoms with van der Waals surface area (Å²) in [7, 11) is 0. The minimum Gasteiger partial charge on any atom is -0.350 e. The normalized spacial score (nSPS) is 25.8. The lowest BCUT2D eigenvalue weighted by Crippen LogP contribution is -2.59. The molecule has 0 radical (unpaired) electrons. The van der Waals surface area contributed by atoms with Crippen molar-refractivity contribution in [2.75, 3.05) is 6.61 Å². The van der Waals surface area contributed by atoms with E-state index in [1.165, 1.54) is 6.92 Å². The van der Waals surface area contributed by atoms with Crippen molar-refractivity contribution in [3.05, 3.63) is 0 Å². The number of rotatable bonds is 4. The first kappa shape index (κ1) is 15.3. The molecule has 2 aliphatic rings. The maximum atomic E-state index is 12.4. The molecule has 2 fully saturated rings. The van der Waals surface area contributed by atoms with Crippen molar-refractivity contribution in [1.29, 1.82) is 0 Å². The predicted molar refractivity (Wildman–Crippen MR) is 72.5 cm³/mol. The molecular weight excluding hydrogens is 260 g/mol. The van der Waals surface area contributed by atoms with Gasteiger partial charge in [-0.15, -0.1) is 0 Å². The molecule has 0 aromatic carbocycles. The number of nitrogens with one attached hydrogen (secondary N) is 2. The maximum absolute atomic E-state index is 12.4. The fourth-order valence-corrected chi connectivity index (χ4v) is 2.92. The zero-order valence-electron chi connectivity index (χ0n) is 12.1. The summed E-state index contributed by atoms with van der Waals surface area (Å²) in [4.78, 5) is 29.1. The van der Waals surface area contributed by atoms with Gasteiger partial charge in [0.25, 0.3) is 5.91 Å². The lowest BCUT2D eigenvalue weighted by atomic mass is 9.81. The minimum absolute atomic E-state index is 0.184. The van der Waals surface area contributed by atoms with Crippen LogP contribution in [0.5, 0.6) is 0 Å². The number of hydrogen-bond donors (Lipinski definition) is 2. The Hall–Kier alpha value is -1.14. The average Bonchev–Trinajstić information content (AvgIpc) is 2.46. The van der Waals surface area contributed by atoms with Crippen LogP contribution in [0.15, 0.2) is 0 Å². The van der Waals surface area contributed by atoms with E-state index in [4.69, 9.17) is 9.57 Å². The number of hydrogen-bond acceptors (Lipinski definition) is 4. The first-order valence-corrected chi connectivity index (χ1v) is 7.49. The summed E-state index contributed by atoms with van der Waals surface area (Å²) in [6, 6.07) is 0. The van der Waals surface area contributed by atoms with Crippen LogP contribution in [0.25, 0.3) is 0 Å². The van der Waals surface area contributed by atoms with Crippen LogP contribution in [-0.2, 0) is 19.2 Å². The molecule has 1 atom stereocenters. The minimum atomic E-state index is -0.821. The third-order valence-electron chi connectivity index (χ3n) is 3.98. The molecule has 1 heterocycles. The van der Waals surface area contributed by atoms with Gasteiger partial charge in [0.2, 0.25) is 5.91 Å². The van der Waals surface area contributed by atoms with E-state index < -0.39 is 5.54 Å². The van der Waals surface area contributed by atoms with Gasteiger partial charge in [0, 0.05) is 20.0 Å². The van der Waals surface area contributed by atoms with Gasteiger partial charge >= 0.3 is 0 Å². The van der Waals surface area contributed by atoms with Gasteiger partial charge in [-0.25, -0.2) is 10.3 Å². The highest BCUT2D eigenvalue weighted by atomic mass is 16.8. The second-order valence-electron chi connectivity index (χ2n) is 5.67. The Labute approximate surface area is 119 Å².